The lowest BCUT2D eigenvalue weighted by molar-refractivity contribution is -0.143. The summed E-state index contributed by atoms with van der Waals surface area (Å²) in [6, 6.07) is -3.29. The van der Waals surface area contributed by atoms with Crippen molar-refractivity contribution in [1.29, 1.82) is 0 Å². The Kier molecular flexibility index (Phi) is 14.0. The maximum absolute atomic E-state index is 12.3. The highest BCUT2D eigenvalue weighted by molar-refractivity contribution is 7.98. The molecule has 0 aromatic carbocycles. The molecule has 3 amide bonds. The molecule has 0 aromatic heterocycles. The standard InChI is InChI=1S/C17H33N5O6S/c1-10(23)14(16(26)21-12(17(27)28)6-8-29-2)22-13(24)9-20-15(25)11(19)5-3-4-7-18/h10-12,14,23H,3-9,18-19H2,1-2H3,(H,20,25)(H,21,26)(H,22,24)(H,27,28). The molecule has 4 unspecified atom stereocenters. The van der Waals surface area contributed by atoms with Crippen LogP contribution in [0.15, 0.2) is 0 Å². The summed E-state index contributed by atoms with van der Waals surface area (Å²) in [5, 5.41) is 25.9. The number of unbranched alkanes of at least 4 members (excludes halogenated alkanes) is 1. The summed E-state index contributed by atoms with van der Waals surface area (Å²) >= 11 is 1.43. The van der Waals surface area contributed by atoms with Crippen LogP contribution in [0, 0.1) is 0 Å². The average Bonchev–Trinajstić information content (AvgIpc) is 2.66. The zero-order valence-corrected chi connectivity index (χ0v) is 17.7. The molecule has 0 spiro atoms. The Balaban J connectivity index is 4.66. The molecule has 0 fully saturated rings. The molecule has 0 rings (SSSR count). The first-order valence-electron chi connectivity index (χ1n) is 9.36. The molecule has 0 aliphatic heterocycles. The molecule has 9 N–H and O–H groups in total. The Morgan fingerprint density at radius 1 is 1.07 bits per heavy atom. The van der Waals surface area contributed by atoms with E-state index in [0.717, 1.165) is 6.42 Å². The van der Waals surface area contributed by atoms with E-state index in [-0.39, 0.29) is 6.42 Å². The van der Waals surface area contributed by atoms with Crippen molar-refractivity contribution in [3.8, 4) is 0 Å². The number of amides is 3. The molecular weight excluding hydrogens is 402 g/mol. The second kappa shape index (κ2) is 15.0. The van der Waals surface area contributed by atoms with E-state index in [1.165, 1.54) is 18.7 Å². The molecule has 12 heteroatoms. The van der Waals surface area contributed by atoms with Gasteiger partial charge in [-0.2, -0.15) is 11.8 Å². The minimum Gasteiger partial charge on any atom is -0.480 e. The van der Waals surface area contributed by atoms with Gasteiger partial charge in [-0.3, -0.25) is 14.4 Å². The number of carboxylic acids is 1. The van der Waals surface area contributed by atoms with E-state index in [1.807, 2.05) is 0 Å². The molecule has 0 aliphatic carbocycles. The first-order valence-corrected chi connectivity index (χ1v) is 10.8. The number of carboxylic acid groups (broad SMARTS) is 1. The van der Waals surface area contributed by atoms with Gasteiger partial charge in [0.1, 0.15) is 12.1 Å². The molecular formula is C17H33N5O6S. The van der Waals surface area contributed by atoms with E-state index < -0.39 is 54.5 Å². The maximum atomic E-state index is 12.3. The number of aliphatic hydroxyl groups is 1. The van der Waals surface area contributed by atoms with E-state index in [9.17, 15) is 29.4 Å². The fourth-order valence-electron chi connectivity index (χ4n) is 2.32. The number of hydrogen-bond donors (Lipinski definition) is 7. The number of nitrogens with two attached hydrogens (primary N) is 2. The van der Waals surface area contributed by atoms with Gasteiger partial charge in [0, 0.05) is 0 Å². The van der Waals surface area contributed by atoms with Gasteiger partial charge in [-0.05, 0) is 44.7 Å². The topological polar surface area (TPSA) is 197 Å². The smallest absolute Gasteiger partial charge is 0.326 e. The largest absolute Gasteiger partial charge is 0.480 e. The number of hydrogen-bond acceptors (Lipinski definition) is 8. The second-order valence-electron chi connectivity index (χ2n) is 6.58. The third kappa shape index (κ3) is 11.6. The summed E-state index contributed by atoms with van der Waals surface area (Å²) in [4.78, 5) is 47.5. The molecule has 0 radical (unpaired) electrons. The van der Waals surface area contributed by atoms with E-state index >= 15 is 0 Å². The Bertz CT molecular complexity index is 548. The number of nitrogens with one attached hydrogen (secondary N) is 3. The normalized spacial score (nSPS) is 14.9. The van der Waals surface area contributed by atoms with Crippen LogP contribution >= 0.6 is 11.8 Å². The Morgan fingerprint density at radius 2 is 1.72 bits per heavy atom. The van der Waals surface area contributed by atoms with Crippen molar-refractivity contribution in [2.45, 2.75) is 56.8 Å². The van der Waals surface area contributed by atoms with Crippen molar-refractivity contribution in [3.63, 3.8) is 0 Å². The first kappa shape index (κ1) is 27.1. The third-order valence-corrected chi connectivity index (χ3v) is 4.68. The highest BCUT2D eigenvalue weighted by Crippen LogP contribution is 2.03. The van der Waals surface area contributed by atoms with Crippen LogP contribution in [0.25, 0.3) is 0 Å². The van der Waals surface area contributed by atoms with Crippen LogP contribution in [0.1, 0.15) is 32.6 Å². The van der Waals surface area contributed by atoms with Gasteiger partial charge in [-0.15, -0.1) is 0 Å². The molecule has 0 heterocycles. The maximum Gasteiger partial charge on any atom is 0.326 e. The van der Waals surface area contributed by atoms with Gasteiger partial charge in [0.2, 0.25) is 17.7 Å². The van der Waals surface area contributed by atoms with Gasteiger partial charge >= 0.3 is 5.97 Å². The summed E-state index contributed by atoms with van der Waals surface area (Å²) in [6.07, 6.45) is 2.57. The summed E-state index contributed by atoms with van der Waals surface area (Å²) < 4.78 is 0. The van der Waals surface area contributed by atoms with Crippen molar-refractivity contribution in [1.82, 2.24) is 16.0 Å². The Hall–Kier alpha value is -1.89. The van der Waals surface area contributed by atoms with Gasteiger partial charge in [-0.1, -0.05) is 6.42 Å². The third-order valence-electron chi connectivity index (χ3n) is 4.04. The number of aliphatic carboxylic acids is 1. The van der Waals surface area contributed by atoms with E-state index in [0.29, 0.717) is 25.1 Å². The predicted molar refractivity (Wildman–Crippen MR) is 110 cm³/mol. The van der Waals surface area contributed by atoms with Crippen LogP contribution in [-0.2, 0) is 19.2 Å². The summed E-state index contributed by atoms with van der Waals surface area (Å²) in [7, 11) is 0. The second-order valence-corrected chi connectivity index (χ2v) is 7.56. The van der Waals surface area contributed by atoms with Crippen molar-refractivity contribution < 1.29 is 29.4 Å². The van der Waals surface area contributed by atoms with Crippen molar-refractivity contribution in [2.24, 2.45) is 11.5 Å². The summed E-state index contributed by atoms with van der Waals surface area (Å²) in [6.45, 7) is 1.35. The summed E-state index contributed by atoms with van der Waals surface area (Å²) in [5.41, 5.74) is 11.1. The molecule has 11 nitrogen and oxygen atoms in total. The minimum absolute atomic E-state index is 0.195. The van der Waals surface area contributed by atoms with Crippen molar-refractivity contribution in [3.05, 3.63) is 0 Å². The average molecular weight is 436 g/mol. The molecule has 0 bridgehead atoms. The number of aliphatic hydroxyl groups excluding tert-OH is 1. The fraction of sp³-hybridized carbons (Fsp3) is 0.765. The monoisotopic (exact) mass is 435 g/mol. The van der Waals surface area contributed by atoms with Crippen LogP contribution in [0.4, 0.5) is 0 Å². The van der Waals surface area contributed by atoms with Crippen molar-refractivity contribution >= 4 is 35.5 Å². The first-order chi connectivity index (χ1) is 13.6. The zero-order valence-electron chi connectivity index (χ0n) is 16.8. The van der Waals surface area contributed by atoms with Gasteiger partial charge in [0.05, 0.1) is 18.7 Å². The van der Waals surface area contributed by atoms with Crippen LogP contribution in [0.5, 0.6) is 0 Å². The molecule has 29 heavy (non-hydrogen) atoms. The summed E-state index contributed by atoms with van der Waals surface area (Å²) in [5.74, 6) is -2.76. The lowest BCUT2D eigenvalue weighted by Gasteiger charge is -2.23. The Morgan fingerprint density at radius 3 is 2.24 bits per heavy atom. The molecule has 0 aliphatic rings. The highest BCUT2D eigenvalue weighted by atomic mass is 32.2. The quantitative estimate of drug-likeness (QED) is 0.139. The molecule has 168 valence electrons. The van der Waals surface area contributed by atoms with Gasteiger partial charge in [0.15, 0.2) is 0 Å². The molecule has 0 saturated carbocycles. The van der Waals surface area contributed by atoms with Gasteiger partial charge < -0.3 is 37.6 Å². The molecule has 4 atom stereocenters. The fourth-order valence-corrected chi connectivity index (χ4v) is 2.79. The van der Waals surface area contributed by atoms with Crippen LogP contribution in [0.2, 0.25) is 0 Å². The molecule has 0 aromatic rings. The minimum atomic E-state index is -1.37. The number of thioether (sulfide) groups is 1. The molecule has 0 saturated heterocycles. The van der Waals surface area contributed by atoms with Crippen molar-refractivity contribution in [2.75, 3.05) is 25.1 Å². The van der Waals surface area contributed by atoms with Crippen LogP contribution in [-0.4, -0.2) is 83.2 Å². The van der Waals surface area contributed by atoms with Crippen LogP contribution < -0.4 is 27.4 Å². The number of rotatable bonds is 15. The van der Waals surface area contributed by atoms with E-state index in [1.54, 1.807) is 6.26 Å². The number of carbonyl (C=O) groups excluding carboxylic acids is 3. The van der Waals surface area contributed by atoms with Gasteiger partial charge in [-0.25, -0.2) is 4.79 Å². The lowest BCUT2D eigenvalue weighted by atomic mass is 10.1. The van der Waals surface area contributed by atoms with E-state index in [4.69, 9.17) is 11.5 Å². The lowest BCUT2D eigenvalue weighted by Crippen LogP contribution is -2.57. The SMILES string of the molecule is CSCCC(NC(=O)C(NC(=O)CNC(=O)C(N)CCCCN)C(C)O)C(=O)O. The zero-order chi connectivity index (χ0) is 22.4. The predicted octanol–water partition coefficient (Wildman–Crippen LogP) is -2.25. The number of carbonyl (C=O) groups is 4. The Labute approximate surface area is 174 Å². The van der Waals surface area contributed by atoms with E-state index in [2.05, 4.69) is 16.0 Å². The van der Waals surface area contributed by atoms with Gasteiger partial charge in [0.25, 0.3) is 0 Å². The van der Waals surface area contributed by atoms with Crippen LogP contribution in [0.3, 0.4) is 0 Å². The highest BCUT2D eigenvalue weighted by Gasteiger charge is 2.29.